The monoisotopic (exact) mass is 302 g/mol. The molecule has 22 heavy (non-hydrogen) atoms. The smallest absolute Gasteiger partial charge is 0.159 e. The first-order valence-electron chi connectivity index (χ1n) is 6.70. The number of nitriles is 1. The first kappa shape index (κ1) is 14.4. The lowest BCUT2D eigenvalue weighted by atomic mass is 10.0. The predicted molar refractivity (Wildman–Crippen MR) is 73.8 cm³/mol. The highest BCUT2D eigenvalue weighted by Crippen LogP contribution is 2.35. The molecular formula is C15H12F2N4O. The molecule has 5 nitrogen and oxygen atoms in total. The number of hydrogen-bond acceptors (Lipinski definition) is 5. The molecule has 0 spiro atoms. The average molecular weight is 302 g/mol. The maximum Gasteiger partial charge on any atom is 0.159 e. The Hall–Kier alpha value is -2.59. The molecule has 3 rings (SSSR count). The van der Waals surface area contributed by atoms with Gasteiger partial charge in [-0.2, -0.15) is 5.26 Å². The fourth-order valence-electron chi connectivity index (χ4n) is 2.63. The van der Waals surface area contributed by atoms with Crippen LogP contribution in [0.1, 0.15) is 23.7 Å². The van der Waals surface area contributed by atoms with Crippen LogP contribution in [0.25, 0.3) is 0 Å². The molecule has 0 unspecified atom stereocenters. The van der Waals surface area contributed by atoms with Crippen LogP contribution in [0.3, 0.4) is 0 Å². The Balaban J connectivity index is 1.94. The topological polar surface area (TPSA) is 73.0 Å². The number of benzene rings is 1. The molecule has 1 aliphatic rings. The van der Waals surface area contributed by atoms with Gasteiger partial charge in [-0.25, -0.2) is 18.7 Å². The highest BCUT2D eigenvalue weighted by Gasteiger charge is 2.33. The summed E-state index contributed by atoms with van der Waals surface area (Å²) in [5.41, 5.74) is 0.745. The van der Waals surface area contributed by atoms with E-state index >= 15 is 0 Å². The van der Waals surface area contributed by atoms with Gasteiger partial charge in [0.1, 0.15) is 11.9 Å². The van der Waals surface area contributed by atoms with Crippen LogP contribution >= 0.6 is 0 Å². The molecule has 1 aromatic heterocycles. The molecule has 1 saturated heterocycles. The number of rotatable bonds is 2. The van der Waals surface area contributed by atoms with E-state index in [0.717, 1.165) is 12.1 Å². The van der Waals surface area contributed by atoms with Crippen LogP contribution in [0.5, 0.6) is 0 Å². The zero-order chi connectivity index (χ0) is 15.7. The van der Waals surface area contributed by atoms with Gasteiger partial charge in [0.05, 0.1) is 24.5 Å². The quantitative estimate of drug-likeness (QED) is 0.917. The van der Waals surface area contributed by atoms with Crippen LogP contribution in [0, 0.1) is 23.0 Å². The molecule has 1 aliphatic heterocycles. The van der Waals surface area contributed by atoms with E-state index in [4.69, 9.17) is 5.26 Å². The van der Waals surface area contributed by atoms with Crippen molar-refractivity contribution in [3.8, 4) is 6.07 Å². The number of nitrogens with zero attached hydrogens (tertiary/aromatic N) is 4. The van der Waals surface area contributed by atoms with E-state index in [-0.39, 0.29) is 11.7 Å². The molecule has 0 saturated carbocycles. The van der Waals surface area contributed by atoms with E-state index in [9.17, 15) is 13.9 Å². The lowest BCUT2D eigenvalue weighted by Crippen LogP contribution is -2.25. The van der Waals surface area contributed by atoms with Crippen molar-refractivity contribution in [3.63, 3.8) is 0 Å². The van der Waals surface area contributed by atoms with Crippen molar-refractivity contribution in [2.45, 2.75) is 18.6 Å². The highest BCUT2D eigenvalue weighted by atomic mass is 19.2. The minimum Gasteiger partial charge on any atom is -0.391 e. The van der Waals surface area contributed by atoms with E-state index in [1.165, 1.54) is 18.5 Å². The lowest BCUT2D eigenvalue weighted by molar-refractivity contribution is 0.194. The van der Waals surface area contributed by atoms with Crippen LogP contribution in [0.15, 0.2) is 30.6 Å². The van der Waals surface area contributed by atoms with Crippen molar-refractivity contribution in [2.75, 3.05) is 11.4 Å². The van der Waals surface area contributed by atoms with E-state index in [2.05, 4.69) is 9.97 Å². The van der Waals surface area contributed by atoms with Crippen LogP contribution < -0.4 is 4.90 Å². The second-order valence-electron chi connectivity index (χ2n) is 5.10. The first-order valence-corrected chi connectivity index (χ1v) is 6.70. The van der Waals surface area contributed by atoms with E-state index in [1.54, 1.807) is 4.90 Å². The summed E-state index contributed by atoms with van der Waals surface area (Å²) in [5, 5.41) is 18.6. The summed E-state index contributed by atoms with van der Waals surface area (Å²) in [4.78, 5) is 9.86. The summed E-state index contributed by atoms with van der Waals surface area (Å²) in [6.45, 7) is 0.310. The third-order valence-electron chi connectivity index (χ3n) is 3.65. The van der Waals surface area contributed by atoms with Crippen molar-refractivity contribution in [3.05, 3.63) is 53.5 Å². The Bertz CT molecular complexity index is 729. The van der Waals surface area contributed by atoms with E-state index < -0.39 is 17.7 Å². The van der Waals surface area contributed by atoms with Gasteiger partial charge in [-0.05, 0) is 24.1 Å². The van der Waals surface area contributed by atoms with Crippen molar-refractivity contribution in [2.24, 2.45) is 0 Å². The normalized spacial score (nSPS) is 20.9. The number of halogens is 2. The van der Waals surface area contributed by atoms with Crippen LogP contribution in [0.2, 0.25) is 0 Å². The summed E-state index contributed by atoms with van der Waals surface area (Å²) >= 11 is 0. The van der Waals surface area contributed by atoms with Gasteiger partial charge in [0.25, 0.3) is 0 Å². The minimum absolute atomic E-state index is 0.188. The minimum atomic E-state index is -0.926. The molecule has 0 bridgehead atoms. The molecule has 1 fully saturated rings. The van der Waals surface area contributed by atoms with Gasteiger partial charge in [0, 0.05) is 6.54 Å². The largest absolute Gasteiger partial charge is 0.391 e. The number of anilines is 1. The molecule has 1 N–H and O–H groups in total. The van der Waals surface area contributed by atoms with Crippen LogP contribution in [0.4, 0.5) is 14.6 Å². The molecule has 2 heterocycles. The van der Waals surface area contributed by atoms with Crippen molar-refractivity contribution < 1.29 is 13.9 Å². The molecule has 0 radical (unpaired) electrons. The van der Waals surface area contributed by atoms with E-state index in [1.807, 2.05) is 6.07 Å². The number of aliphatic hydroxyl groups is 1. The average Bonchev–Trinajstić information content (AvgIpc) is 2.92. The molecule has 2 atom stereocenters. The first-order chi connectivity index (χ1) is 10.6. The standard InChI is InChI=1S/C15H12F2N4O/c16-12-2-1-9(3-13(12)17)14-4-11(22)8-21(14)15-7-19-10(5-18)6-20-15/h1-3,6-7,11,14,22H,4,8H2/t11-,14-/m0/s1. The maximum absolute atomic E-state index is 13.4. The molecule has 1 aromatic carbocycles. The van der Waals surface area contributed by atoms with E-state index in [0.29, 0.717) is 24.3 Å². The second-order valence-corrected chi connectivity index (χ2v) is 5.10. The zero-order valence-electron chi connectivity index (χ0n) is 11.4. The Labute approximate surface area is 125 Å². The van der Waals surface area contributed by atoms with Crippen LogP contribution in [-0.4, -0.2) is 27.7 Å². The Morgan fingerprint density at radius 2 is 2.05 bits per heavy atom. The summed E-state index contributed by atoms with van der Waals surface area (Å²) in [6, 6.07) is 5.24. The van der Waals surface area contributed by atoms with Crippen molar-refractivity contribution >= 4 is 5.82 Å². The Morgan fingerprint density at radius 1 is 1.23 bits per heavy atom. The summed E-state index contributed by atoms with van der Waals surface area (Å²) in [7, 11) is 0. The summed E-state index contributed by atoms with van der Waals surface area (Å²) < 4.78 is 26.5. The highest BCUT2D eigenvalue weighted by molar-refractivity contribution is 5.44. The zero-order valence-corrected chi connectivity index (χ0v) is 11.4. The fourth-order valence-corrected chi connectivity index (χ4v) is 2.63. The second kappa shape index (κ2) is 5.66. The lowest BCUT2D eigenvalue weighted by Gasteiger charge is -2.25. The van der Waals surface area contributed by atoms with Crippen molar-refractivity contribution in [1.82, 2.24) is 9.97 Å². The summed E-state index contributed by atoms with van der Waals surface area (Å²) in [6.07, 6.45) is 2.55. The van der Waals surface area contributed by atoms with Crippen molar-refractivity contribution in [1.29, 1.82) is 5.26 Å². The number of aromatic nitrogens is 2. The number of β-amino-alcohol motifs (C(OH)–C–C–N with tert-alkyl or cyclic N) is 1. The predicted octanol–water partition coefficient (Wildman–Crippen LogP) is 1.94. The van der Waals surface area contributed by atoms with Gasteiger partial charge in [-0.15, -0.1) is 0 Å². The summed E-state index contributed by atoms with van der Waals surface area (Å²) in [5.74, 6) is -1.36. The molecule has 112 valence electrons. The van der Waals surface area contributed by atoms with Crippen LogP contribution in [-0.2, 0) is 0 Å². The Morgan fingerprint density at radius 3 is 2.68 bits per heavy atom. The molecule has 0 amide bonds. The van der Waals surface area contributed by atoms with Gasteiger partial charge in [-0.1, -0.05) is 6.07 Å². The van der Waals surface area contributed by atoms with Gasteiger partial charge in [0.2, 0.25) is 0 Å². The SMILES string of the molecule is N#Cc1cnc(N2C[C@@H](O)C[C@H]2c2ccc(F)c(F)c2)cn1. The third kappa shape index (κ3) is 2.61. The van der Waals surface area contributed by atoms with Gasteiger partial charge < -0.3 is 10.0 Å². The van der Waals surface area contributed by atoms with Gasteiger partial charge in [0.15, 0.2) is 17.3 Å². The van der Waals surface area contributed by atoms with Gasteiger partial charge in [-0.3, -0.25) is 0 Å². The molecule has 0 aliphatic carbocycles. The van der Waals surface area contributed by atoms with Gasteiger partial charge >= 0.3 is 0 Å². The fraction of sp³-hybridized carbons (Fsp3) is 0.267. The third-order valence-corrected chi connectivity index (χ3v) is 3.65. The molecular weight excluding hydrogens is 290 g/mol. The number of hydrogen-bond donors (Lipinski definition) is 1. The number of aliphatic hydroxyl groups excluding tert-OH is 1. The molecule has 7 heteroatoms. The maximum atomic E-state index is 13.4. The molecule has 2 aromatic rings. The Kier molecular flexibility index (Phi) is 3.69.